The Balaban J connectivity index is 3.61. The van der Waals surface area contributed by atoms with E-state index in [-0.39, 0.29) is 32.1 Å². The van der Waals surface area contributed by atoms with Crippen LogP contribution in [0.15, 0.2) is 12.2 Å². The number of aliphatic hydroxyl groups excluding tert-OH is 1. The fourth-order valence-corrected chi connectivity index (χ4v) is 6.19. The number of phosphoric ester groups is 1. The number of phosphoric acid groups is 1. The molecule has 0 radical (unpaired) electrons. The van der Waals surface area contributed by atoms with E-state index in [1.807, 2.05) is 0 Å². The fraction of sp³-hybridized carbons (Fsp3) is 0.895. The standard InChI is InChI=1S/C38H74NO8P/c1-3-5-7-9-11-13-15-17-19-21-23-25-27-29-31-38(42)45-34-36(40)35-47-48(43,44)46-33-32-39-37(41)30-28-26-24-22-20-18-16-14-12-10-8-6-4-2/h14,16,36,40H,3-13,15,17-35H2,1-2H3,(H,39,41)(H,43,44)/b16-14-. The predicted octanol–water partition coefficient (Wildman–Crippen LogP) is 10.3. The summed E-state index contributed by atoms with van der Waals surface area (Å²) in [7, 11) is -4.41. The van der Waals surface area contributed by atoms with Crippen molar-refractivity contribution >= 4 is 19.7 Å². The second-order valence-corrected chi connectivity index (χ2v) is 14.7. The highest BCUT2D eigenvalue weighted by Gasteiger charge is 2.23. The Bertz CT molecular complexity index is 810. The number of aliphatic hydroxyl groups is 1. The van der Waals surface area contributed by atoms with E-state index in [1.165, 1.54) is 109 Å². The molecule has 2 atom stereocenters. The van der Waals surface area contributed by atoms with Gasteiger partial charge in [-0.05, 0) is 38.5 Å². The number of amides is 1. The van der Waals surface area contributed by atoms with Crippen LogP contribution in [0.2, 0.25) is 0 Å². The molecule has 0 aliphatic carbocycles. The molecule has 0 aromatic rings. The molecule has 10 heteroatoms. The largest absolute Gasteiger partial charge is 0.472 e. The topological polar surface area (TPSA) is 131 Å². The van der Waals surface area contributed by atoms with Crippen LogP contribution < -0.4 is 5.32 Å². The summed E-state index contributed by atoms with van der Waals surface area (Å²) in [6.07, 6.45) is 34.2. The number of hydrogen-bond donors (Lipinski definition) is 3. The lowest BCUT2D eigenvalue weighted by Crippen LogP contribution is -2.27. The number of hydrogen-bond acceptors (Lipinski definition) is 7. The number of unbranched alkanes of at least 4 members (excludes halogenated alkanes) is 22. The molecule has 0 saturated carbocycles. The zero-order valence-corrected chi connectivity index (χ0v) is 31.8. The van der Waals surface area contributed by atoms with Crippen molar-refractivity contribution in [3.05, 3.63) is 12.2 Å². The zero-order chi connectivity index (χ0) is 35.4. The first-order chi connectivity index (χ1) is 23.3. The Morgan fingerprint density at radius 2 is 1.06 bits per heavy atom. The maximum atomic E-state index is 12.0. The van der Waals surface area contributed by atoms with Gasteiger partial charge in [-0.15, -0.1) is 0 Å². The van der Waals surface area contributed by atoms with E-state index in [2.05, 4.69) is 31.3 Å². The van der Waals surface area contributed by atoms with Gasteiger partial charge in [0, 0.05) is 19.4 Å². The van der Waals surface area contributed by atoms with Gasteiger partial charge in [-0.1, -0.05) is 148 Å². The summed E-state index contributed by atoms with van der Waals surface area (Å²) in [5, 5.41) is 12.6. The highest BCUT2D eigenvalue weighted by atomic mass is 31.2. The van der Waals surface area contributed by atoms with Crippen LogP contribution in [0, 0.1) is 0 Å². The molecule has 9 nitrogen and oxygen atoms in total. The first-order valence-electron chi connectivity index (χ1n) is 19.7. The Morgan fingerprint density at radius 1 is 0.625 bits per heavy atom. The van der Waals surface area contributed by atoms with Gasteiger partial charge < -0.3 is 20.1 Å². The van der Waals surface area contributed by atoms with E-state index < -0.39 is 26.5 Å². The minimum atomic E-state index is -4.41. The molecule has 0 rings (SSSR count). The number of carbonyl (C=O) groups is 2. The molecule has 0 heterocycles. The summed E-state index contributed by atoms with van der Waals surface area (Å²) in [5.41, 5.74) is 0. The van der Waals surface area contributed by atoms with Gasteiger partial charge in [0.2, 0.25) is 5.91 Å². The summed E-state index contributed by atoms with van der Waals surface area (Å²) < 4.78 is 26.8. The molecular formula is C38H74NO8P. The summed E-state index contributed by atoms with van der Waals surface area (Å²) in [6, 6.07) is 0. The lowest BCUT2D eigenvalue weighted by atomic mass is 10.0. The van der Waals surface area contributed by atoms with Crippen LogP contribution in [0.5, 0.6) is 0 Å². The van der Waals surface area contributed by atoms with Crippen LogP contribution >= 0.6 is 7.82 Å². The van der Waals surface area contributed by atoms with Crippen LogP contribution in [0.3, 0.4) is 0 Å². The van der Waals surface area contributed by atoms with E-state index in [0.29, 0.717) is 6.42 Å². The number of ether oxygens (including phenoxy) is 1. The van der Waals surface area contributed by atoms with E-state index in [4.69, 9.17) is 13.8 Å². The van der Waals surface area contributed by atoms with E-state index >= 15 is 0 Å². The van der Waals surface area contributed by atoms with Gasteiger partial charge in [0.25, 0.3) is 0 Å². The molecule has 48 heavy (non-hydrogen) atoms. The Morgan fingerprint density at radius 3 is 1.58 bits per heavy atom. The molecule has 0 saturated heterocycles. The van der Waals surface area contributed by atoms with Crippen molar-refractivity contribution in [1.29, 1.82) is 0 Å². The maximum Gasteiger partial charge on any atom is 0.472 e. The van der Waals surface area contributed by atoms with E-state index in [9.17, 15) is 24.2 Å². The van der Waals surface area contributed by atoms with Crippen molar-refractivity contribution < 1.29 is 37.9 Å². The van der Waals surface area contributed by atoms with Crippen molar-refractivity contribution in [2.75, 3.05) is 26.4 Å². The zero-order valence-electron chi connectivity index (χ0n) is 30.9. The van der Waals surface area contributed by atoms with Gasteiger partial charge in [-0.3, -0.25) is 18.6 Å². The van der Waals surface area contributed by atoms with Crippen LogP contribution in [-0.2, 0) is 27.9 Å². The van der Waals surface area contributed by atoms with Crippen LogP contribution in [-0.4, -0.2) is 54.3 Å². The highest BCUT2D eigenvalue weighted by molar-refractivity contribution is 7.47. The molecule has 0 aliphatic heterocycles. The summed E-state index contributed by atoms with van der Waals surface area (Å²) in [4.78, 5) is 33.7. The molecule has 0 bridgehead atoms. The average Bonchev–Trinajstić information content (AvgIpc) is 3.07. The Kier molecular flexibility index (Phi) is 34.6. The molecule has 1 amide bonds. The second kappa shape index (κ2) is 35.6. The molecule has 0 aromatic carbocycles. The van der Waals surface area contributed by atoms with Crippen molar-refractivity contribution in [3.8, 4) is 0 Å². The quantitative estimate of drug-likeness (QED) is 0.0252. The minimum Gasteiger partial charge on any atom is -0.463 e. The van der Waals surface area contributed by atoms with E-state index in [1.54, 1.807) is 0 Å². The Hall–Kier alpha value is -1.25. The number of esters is 1. The fourth-order valence-electron chi connectivity index (χ4n) is 5.43. The maximum absolute atomic E-state index is 12.0. The monoisotopic (exact) mass is 704 g/mol. The normalized spacial score (nSPS) is 13.5. The molecular weight excluding hydrogens is 629 g/mol. The van der Waals surface area contributed by atoms with Crippen LogP contribution in [0.25, 0.3) is 0 Å². The lowest BCUT2D eigenvalue weighted by Gasteiger charge is -2.15. The van der Waals surface area contributed by atoms with Gasteiger partial charge in [0.15, 0.2) is 0 Å². The van der Waals surface area contributed by atoms with Crippen LogP contribution in [0.4, 0.5) is 0 Å². The SMILES string of the molecule is CCCCCC/C=C\CCCCCCCC(=O)NCCOP(=O)(O)OCC(O)COC(=O)CCCCCCCCCCCCCCCC. The molecule has 2 unspecified atom stereocenters. The molecule has 0 aromatic heterocycles. The minimum absolute atomic E-state index is 0.0803. The van der Waals surface area contributed by atoms with E-state index in [0.717, 1.165) is 51.4 Å². The van der Waals surface area contributed by atoms with Crippen molar-refractivity contribution in [3.63, 3.8) is 0 Å². The third-order valence-electron chi connectivity index (χ3n) is 8.45. The summed E-state index contributed by atoms with van der Waals surface area (Å²) in [5.74, 6) is -0.520. The molecule has 0 fully saturated rings. The third kappa shape index (κ3) is 36.0. The predicted molar refractivity (Wildman–Crippen MR) is 197 cm³/mol. The van der Waals surface area contributed by atoms with Crippen molar-refractivity contribution in [2.24, 2.45) is 0 Å². The number of nitrogens with one attached hydrogen (secondary N) is 1. The third-order valence-corrected chi connectivity index (χ3v) is 9.43. The summed E-state index contributed by atoms with van der Waals surface area (Å²) in [6.45, 7) is 3.53. The molecule has 0 spiro atoms. The van der Waals surface area contributed by atoms with Gasteiger partial charge in [0.1, 0.15) is 12.7 Å². The molecule has 0 aliphatic rings. The lowest BCUT2D eigenvalue weighted by molar-refractivity contribution is -0.147. The van der Waals surface area contributed by atoms with Crippen molar-refractivity contribution in [1.82, 2.24) is 5.32 Å². The number of allylic oxidation sites excluding steroid dienone is 2. The van der Waals surface area contributed by atoms with Crippen molar-refractivity contribution in [2.45, 2.75) is 193 Å². The first-order valence-corrected chi connectivity index (χ1v) is 21.2. The molecule has 3 N–H and O–H groups in total. The number of rotatable bonds is 37. The first kappa shape index (κ1) is 46.8. The molecule has 284 valence electrons. The smallest absolute Gasteiger partial charge is 0.463 e. The Labute approximate surface area is 294 Å². The second-order valence-electron chi connectivity index (χ2n) is 13.3. The number of carbonyl (C=O) groups excluding carboxylic acids is 2. The average molecular weight is 704 g/mol. The van der Waals surface area contributed by atoms with Gasteiger partial charge in [-0.2, -0.15) is 0 Å². The van der Waals surface area contributed by atoms with Gasteiger partial charge in [0.05, 0.1) is 13.2 Å². The van der Waals surface area contributed by atoms with Crippen LogP contribution in [0.1, 0.15) is 187 Å². The van der Waals surface area contributed by atoms with Gasteiger partial charge >= 0.3 is 13.8 Å². The van der Waals surface area contributed by atoms with Gasteiger partial charge in [-0.25, -0.2) is 4.57 Å². The summed E-state index contributed by atoms with van der Waals surface area (Å²) >= 11 is 0. The highest BCUT2D eigenvalue weighted by Crippen LogP contribution is 2.42.